The number of hydrogen-bond donors (Lipinski definition) is 2. The Balaban J connectivity index is 2.72. The maximum absolute atomic E-state index is 11.4. The molecule has 112 valence electrons. The Morgan fingerprint density at radius 2 is 2.05 bits per heavy atom. The molecule has 0 heterocycles. The molecule has 3 N–H and O–H groups in total. The number of nitrogens with zero attached hydrogens (tertiary/aromatic N) is 1. The smallest absolute Gasteiger partial charge is 0.337 e. The number of nitrogens with one attached hydrogen (secondary N) is 1. The van der Waals surface area contributed by atoms with Crippen LogP contribution in [0.15, 0.2) is 18.2 Å². The van der Waals surface area contributed by atoms with Gasteiger partial charge >= 0.3 is 5.97 Å². The minimum Gasteiger partial charge on any atom is -0.465 e. The van der Waals surface area contributed by atoms with Crippen molar-refractivity contribution < 1.29 is 9.53 Å². The normalized spacial score (nSPS) is 11.5. The highest BCUT2D eigenvalue weighted by molar-refractivity contribution is 5.91. The zero-order valence-corrected chi connectivity index (χ0v) is 13.0. The van der Waals surface area contributed by atoms with Crippen LogP contribution in [0.3, 0.4) is 0 Å². The van der Waals surface area contributed by atoms with Gasteiger partial charge in [0.25, 0.3) is 0 Å². The number of carbonyl (C=O) groups excluding carboxylic acids is 1. The Morgan fingerprint density at radius 1 is 1.40 bits per heavy atom. The summed E-state index contributed by atoms with van der Waals surface area (Å²) in [4.78, 5) is 13.6. The van der Waals surface area contributed by atoms with Crippen LogP contribution in [0.1, 0.15) is 24.2 Å². The molecule has 0 spiro atoms. The molecule has 0 fully saturated rings. The molecule has 0 aromatic heterocycles. The first kappa shape index (κ1) is 16.3. The van der Waals surface area contributed by atoms with Crippen molar-refractivity contribution >= 4 is 17.3 Å². The lowest BCUT2D eigenvalue weighted by Gasteiger charge is -2.29. The van der Waals surface area contributed by atoms with E-state index in [1.165, 1.54) is 7.11 Å². The molecule has 0 aliphatic carbocycles. The molecule has 1 rings (SSSR count). The highest BCUT2D eigenvalue weighted by Gasteiger charge is 2.19. The lowest BCUT2D eigenvalue weighted by molar-refractivity contribution is 0.0601. The van der Waals surface area contributed by atoms with Crippen LogP contribution < -0.4 is 11.1 Å². The van der Waals surface area contributed by atoms with Gasteiger partial charge < -0.3 is 20.7 Å². The Kier molecular flexibility index (Phi) is 5.39. The minimum atomic E-state index is -0.379. The van der Waals surface area contributed by atoms with Crippen molar-refractivity contribution in [3.63, 3.8) is 0 Å². The maximum Gasteiger partial charge on any atom is 0.337 e. The maximum atomic E-state index is 11.4. The molecule has 0 atom stereocenters. The summed E-state index contributed by atoms with van der Waals surface area (Å²) < 4.78 is 4.67. The molecule has 0 amide bonds. The summed E-state index contributed by atoms with van der Waals surface area (Å²) in [5.74, 6) is -0.379. The third kappa shape index (κ3) is 4.74. The van der Waals surface area contributed by atoms with E-state index >= 15 is 0 Å². The van der Waals surface area contributed by atoms with Crippen molar-refractivity contribution in [1.82, 2.24) is 4.90 Å². The van der Waals surface area contributed by atoms with Gasteiger partial charge in [0.1, 0.15) is 0 Å². The van der Waals surface area contributed by atoms with Crippen LogP contribution in [-0.4, -0.2) is 45.2 Å². The second kappa shape index (κ2) is 6.61. The summed E-state index contributed by atoms with van der Waals surface area (Å²) in [6.45, 7) is 6.16. The van der Waals surface area contributed by atoms with Crippen LogP contribution >= 0.6 is 0 Å². The largest absolute Gasteiger partial charge is 0.465 e. The number of methoxy groups -OCH3 is 1. The quantitative estimate of drug-likeness (QED) is 0.616. The van der Waals surface area contributed by atoms with Gasteiger partial charge in [0.2, 0.25) is 0 Å². The minimum absolute atomic E-state index is 0.122. The molecule has 0 bridgehead atoms. The van der Waals surface area contributed by atoms with Crippen molar-refractivity contribution in [1.29, 1.82) is 0 Å². The van der Waals surface area contributed by atoms with Gasteiger partial charge in [0.15, 0.2) is 0 Å². The fourth-order valence-corrected chi connectivity index (χ4v) is 2.22. The van der Waals surface area contributed by atoms with Crippen molar-refractivity contribution in [2.45, 2.75) is 13.8 Å². The van der Waals surface area contributed by atoms with Crippen LogP contribution in [0.25, 0.3) is 0 Å². The first-order valence-electron chi connectivity index (χ1n) is 6.61. The Labute approximate surface area is 121 Å². The zero-order chi connectivity index (χ0) is 15.3. The molecule has 1 aromatic rings. The topological polar surface area (TPSA) is 67.6 Å². The lowest BCUT2D eigenvalue weighted by Crippen LogP contribution is -2.34. The van der Waals surface area contributed by atoms with Gasteiger partial charge in [-0.05, 0) is 37.7 Å². The number of hydrogen-bond acceptors (Lipinski definition) is 5. The van der Waals surface area contributed by atoms with E-state index in [1.807, 2.05) is 6.07 Å². The monoisotopic (exact) mass is 279 g/mol. The first-order chi connectivity index (χ1) is 9.25. The second-order valence-corrected chi connectivity index (χ2v) is 6.05. The summed E-state index contributed by atoms with van der Waals surface area (Å²) in [5.41, 5.74) is 7.93. The van der Waals surface area contributed by atoms with Gasteiger partial charge in [0, 0.05) is 13.1 Å². The van der Waals surface area contributed by atoms with Gasteiger partial charge in [-0.2, -0.15) is 0 Å². The van der Waals surface area contributed by atoms with E-state index in [0.29, 0.717) is 11.3 Å². The number of carbonyl (C=O) groups is 1. The third-order valence-electron chi connectivity index (χ3n) is 2.97. The van der Waals surface area contributed by atoms with Gasteiger partial charge in [-0.25, -0.2) is 4.79 Å². The molecule has 5 nitrogen and oxygen atoms in total. The van der Waals surface area contributed by atoms with Crippen LogP contribution in [-0.2, 0) is 4.74 Å². The number of ether oxygens (including phenoxy) is 1. The van der Waals surface area contributed by atoms with E-state index in [9.17, 15) is 4.79 Å². The highest BCUT2D eigenvalue weighted by Crippen LogP contribution is 2.23. The van der Waals surface area contributed by atoms with Crippen molar-refractivity contribution in [2.24, 2.45) is 5.41 Å². The Bertz CT molecular complexity index is 470. The van der Waals surface area contributed by atoms with Gasteiger partial charge in [-0.3, -0.25) is 0 Å². The van der Waals surface area contributed by atoms with E-state index in [0.717, 1.165) is 18.8 Å². The number of rotatable bonds is 6. The summed E-state index contributed by atoms with van der Waals surface area (Å²) in [6.07, 6.45) is 0. The molecular formula is C15H25N3O2. The first-order valence-corrected chi connectivity index (χ1v) is 6.61. The second-order valence-electron chi connectivity index (χ2n) is 6.05. The lowest BCUT2D eigenvalue weighted by atomic mass is 9.93. The van der Waals surface area contributed by atoms with Crippen LogP contribution in [0.4, 0.5) is 11.4 Å². The predicted octanol–water partition coefficient (Wildman–Crippen LogP) is 2.06. The molecule has 0 aliphatic rings. The Morgan fingerprint density at radius 3 is 2.55 bits per heavy atom. The number of esters is 1. The number of nitrogen functional groups attached to an aromatic ring is 1. The van der Waals surface area contributed by atoms with E-state index in [2.05, 4.69) is 42.9 Å². The summed E-state index contributed by atoms with van der Waals surface area (Å²) in [6, 6.07) is 5.16. The average Bonchev–Trinajstić information content (AvgIpc) is 2.34. The SMILES string of the molecule is COC(=O)c1ccc(NCC(C)(C)CN(C)C)c(N)c1. The summed E-state index contributed by atoms with van der Waals surface area (Å²) in [5, 5.41) is 3.34. The van der Waals surface area contributed by atoms with Gasteiger partial charge in [0.05, 0.1) is 24.0 Å². The van der Waals surface area contributed by atoms with E-state index < -0.39 is 0 Å². The highest BCUT2D eigenvalue weighted by atomic mass is 16.5. The van der Waals surface area contributed by atoms with Crippen molar-refractivity contribution in [2.75, 3.05) is 45.3 Å². The van der Waals surface area contributed by atoms with Crippen LogP contribution in [0, 0.1) is 5.41 Å². The van der Waals surface area contributed by atoms with E-state index in [1.54, 1.807) is 12.1 Å². The third-order valence-corrected chi connectivity index (χ3v) is 2.97. The van der Waals surface area contributed by atoms with E-state index in [4.69, 9.17) is 5.73 Å². The van der Waals surface area contributed by atoms with Crippen LogP contribution in [0.2, 0.25) is 0 Å². The van der Waals surface area contributed by atoms with Crippen molar-refractivity contribution in [3.8, 4) is 0 Å². The number of anilines is 2. The number of benzene rings is 1. The molecule has 0 radical (unpaired) electrons. The molecule has 0 unspecified atom stereocenters. The van der Waals surface area contributed by atoms with Crippen LogP contribution in [0.5, 0.6) is 0 Å². The fraction of sp³-hybridized carbons (Fsp3) is 0.533. The standard InChI is InChI=1S/C15H25N3O2/c1-15(2,10-18(3)4)9-17-13-7-6-11(8-12(13)16)14(19)20-5/h6-8,17H,9-10,16H2,1-5H3. The zero-order valence-electron chi connectivity index (χ0n) is 13.0. The van der Waals surface area contributed by atoms with Gasteiger partial charge in [-0.15, -0.1) is 0 Å². The van der Waals surface area contributed by atoms with Gasteiger partial charge in [-0.1, -0.05) is 13.8 Å². The Hall–Kier alpha value is -1.75. The number of nitrogens with two attached hydrogens (primary N) is 1. The molecule has 0 saturated heterocycles. The fourth-order valence-electron chi connectivity index (χ4n) is 2.22. The predicted molar refractivity (Wildman–Crippen MR) is 83.0 cm³/mol. The van der Waals surface area contributed by atoms with E-state index in [-0.39, 0.29) is 11.4 Å². The molecular weight excluding hydrogens is 254 g/mol. The molecule has 0 saturated carbocycles. The summed E-state index contributed by atoms with van der Waals surface area (Å²) in [7, 11) is 5.47. The average molecular weight is 279 g/mol. The molecule has 20 heavy (non-hydrogen) atoms. The molecule has 1 aromatic carbocycles. The van der Waals surface area contributed by atoms with Crippen molar-refractivity contribution in [3.05, 3.63) is 23.8 Å². The molecule has 5 heteroatoms. The summed E-state index contributed by atoms with van der Waals surface area (Å²) >= 11 is 0. The molecule has 0 aliphatic heterocycles.